The summed E-state index contributed by atoms with van der Waals surface area (Å²) in [5, 5.41) is 9.72. The van der Waals surface area contributed by atoms with Crippen molar-refractivity contribution in [2.45, 2.75) is 11.4 Å². The van der Waals surface area contributed by atoms with Crippen molar-refractivity contribution in [2.24, 2.45) is 0 Å². The molecule has 0 unspecified atom stereocenters. The number of hydrogen-bond acceptors (Lipinski definition) is 4. The zero-order valence-electron chi connectivity index (χ0n) is 15.5. The van der Waals surface area contributed by atoms with Gasteiger partial charge in [0.2, 0.25) is 0 Å². The first-order valence-corrected chi connectivity index (χ1v) is 10.5. The van der Waals surface area contributed by atoms with Crippen LogP contribution in [0.25, 0.3) is 0 Å². The molecule has 3 rings (SSSR count). The van der Waals surface area contributed by atoms with Crippen molar-refractivity contribution in [1.82, 2.24) is 4.90 Å². The van der Waals surface area contributed by atoms with Gasteiger partial charge < -0.3 is 10.0 Å². The lowest BCUT2D eigenvalue weighted by atomic mass is 10.1. The number of rotatable bonds is 6. The normalized spacial score (nSPS) is 11.1. The summed E-state index contributed by atoms with van der Waals surface area (Å²) in [6.45, 7) is 0.225. The molecule has 29 heavy (non-hydrogen) atoms. The van der Waals surface area contributed by atoms with Gasteiger partial charge in [0, 0.05) is 19.3 Å². The monoisotopic (exact) mass is 430 g/mol. The summed E-state index contributed by atoms with van der Waals surface area (Å²) < 4.78 is 27.8. The first-order valence-electron chi connectivity index (χ1n) is 8.67. The minimum atomic E-state index is -3.89. The molecule has 8 heteroatoms. The number of phenols is 1. The Bertz CT molecular complexity index is 1130. The third kappa shape index (κ3) is 5.07. The molecule has 3 aromatic rings. The smallest absolute Gasteiger partial charge is 0.261 e. The van der Waals surface area contributed by atoms with E-state index in [-0.39, 0.29) is 27.8 Å². The van der Waals surface area contributed by atoms with Crippen LogP contribution in [0, 0.1) is 0 Å². The van der Waals surface area contributed by atoms with Crippen LogP contribution < -0.4 is 4.72 Å². The van der Waals surface area contributed by atoms with E-state index in [9.17, 15) is 18.3 Å². The van der Waals surface area contributed by atoms with Gasteiger partial charge in [-0.05, 0) is 48.0 Å². The molecule has 0 radical (unpaired) electrons. The zero-order chi connectivity index (χ0) is 21.0. The van der Waals surface area contributed by atoms with Gasteiger partial charge in [-0.1, -0.05) is 41.9 Å². The average molecular weight is 431 g/mol. The van der Waals surface area contributed by atoms with E-state index >= 15 is 0 Å². The Morgan fingerprint density at radius 1 is 1.03 bits per heavy atom. The molecule has 0 aliphatic rings. The second-order valence-corrected chi connectivity index (χ2v) is 8.53. The molecule has 3 aromatic carbocycles. The van der Waals surface area contributed by atoms with E-state index in [0.29, 0.717) is 5.69 Å². The van der Waals surface area contributed by atoms with E-state index in [2.05, 4.69) is 4.72 Å². The molecule has 0 saturated heterocycles. The number of carbonyl (C=O) groups excluding carboxylic acids is 1. The Hall–Kier alpha value is -3.03. The molecule has 150 valence electrons. The van der Waals surface area contributed by atoms with Crippen molar-refractivity contribution in [3.63, 3.8) is 0 Å². The Kier molecular flexibility index (Phi) is 6.10. The molecule has 0 bridgehead atoms. The van der Waals surface area contributed by atoms with Crippen LogP contribution in [0.3, 0.4) is 0 Å². The molecule has 2 N–H and O–H groups in total. The number of amides is 1. The first kappa shape index (κ1) is 20.7. The highest BCUT2D eigenvalue weighted by molar-refractivity contribution is 7.92. The van der Waals surface area contributed by atoms with Crippen LogP contribution in [0.5, 0.6) is 5.75 Å². The maximum Gasteiger partial charge on any atom is 0.261 e. The van der Waals surface area contributed by atoms with Crippen LogP contribution in [0.15, 0.2) is 77.7 Å². The van der Waals surface area contributed by atoms with E-state index in [0.717, 1.165) is 5.56 Å². The minimum Gasteiger partial charge on any atom is -0.508 e. The predicted molar refractivity (Wildman–Crippen MR) is 113 cm³/mol. The highest BCUT2D eigenvalue weighted by atomic mass is 35.5. The van der Waals surface area contributed by atoms with Gasteiger partial charge in [0.15, 0.2) is 0 Å². The van der Waals surface area contributed by atoms with Gasteiger partial charge >= 0.3 is 0 Å². The van der Waals surface area contributed by atoms with E-state index in [4.69, 9.17) is 11.6 Å². The van der Waals surface area contributed by atoms with Gasteiger partial charge in [0.1, 0.15) is 5.75 Å². The number of benzene rings is 3. The van der Waals surface area contributed by atoms with Crippen LogP contribution in [0.1, 0.15) is 15.9 Å². The summed E-state index contributed by atoms with van der Waals surface area (Å²) in [6.07, 6.45) is 0. The Morgan fingerprint density at radius 2 is 1.76 bits per heavy atom. The van der Waals surface area contributed by atoms with E-state index in [1.165, 1.54) is 29.2 Å². The lowest BCUT2D eigenvalue weighted by molar-refractivity contribution is 0.0785. The number of nitrogens with zero attached hydrogens (tertiary/aromatic N) is 1. The molecular weight excluding hydrogens is 412 g/mol. The van der Waals surface area contributed by atoms with E-state index in [1.807, 2.05) is 0 Å². The third-order valence-corrected chi connectivity index (χ3v) is 5.89. The largest absolute Gasteiger partial charge is 0.508 e. The van der Waals surface area contributed by atoms with Crippen molar-refractivity contribution in [1.29, 1.82) is 0 Å². The van der Waals surface area contributed by atoms with Crippen LogP contribution >= 0.6 is 11.6 Å². The van der Waals surface area contributed by atoms with Crippen molar-refractivity contribution in [3.05, 3.63) is 88.9 Å². The van der Waals surface area contributed by atoms with Gasteiger partial charge in [-0.3, -0.25) is 9.52 Å². The topological polar surface area (TPSA) is 86.7 Å². The second-order valence-electron chi connectivity index (χ2n) is 6.44. The van der Waals surface area contributed by atoms with Crippen molar-refractivity contribution in [2.75, 3.05) is 11.8 Å². The Morgan fingerprint density at radius 3 is 2.45 bits per heavy atom. The third-order valence-electron chi connectivity index (χ3n) is 4.18. The molecule has 1 amide bonds. The van der Waals surface area contributed by atoms with Crippen LogP contribution in [0.4, 0.5) is 5.69 Å². The molecule has 0 atom stereocenters. The quantitative estimate of drug-likeness (QED) is 0.615. The molecule has 0 saturated carbocycles. The lowest BCUT2D eigenvalue weighted by Gasteiger charge is -2.19. The fourth-order valence-electron chi connectivity index (χ4n) is 2.76. The fraction of sp³-hybridized carbons (Fsp3) is 0.0952. The Balaban J connectivity index is 1.85. The summed E-state index contributed by atoms with van der Waals surface area (Å²) in [7, 11) is -2.31. The standard InChI is InChI=1S/C21H19ClN2O4S/c1-24(14-15-6-5-9-17(25)12-15)21(26)19-13-18(10-11-20(19)22)29(27,28)23-16-7-3-2-4-8-16/h2-13,23,25H,14H2,1H3. The maximum absolute atomic E-state index is 12.9. The molecule has 0 aliphatic heterocycles. The van der Waals surface area contributed by atoms with Crippen LogP contribution in [-0.2, 0) is 16.6 Å². The van der Waals surface area contributed by atoms with E-state index < -0.39 is 15.9 Å². The molecule has 0 fully saturated rings. The van der Waals surface area contributed by atoms with Crippen LogP contribution in [0.2, 0.25) is 5.02 Å². The number of hydrogen-bond donors (Lipinski definition) is 2. The molecule has 0 spiro atoms. The molecule has 0 aromatic heterocycles. The molecule has 0 aliphatic carbocycles. The summed E-state index contributed by atoms with van der Waals surface area (Å²) in [6, 6.07) is 19.0. The minimum absolute atomic E-state index is 0.0696. The number of nitrogens with one attached hydrogen (secondary N) is 1. The van der Waals surface area contributed by atoms with Crippen LogP contribution in [-0.4, -0.2) is 31.4 Å². The SMILES string of the molecule is CN(Cc1cccc(O)c1)C(=O)c1cc(S(=O)(=O)Nc2ccccc2)ccc1Cl. The number of halogens is 1. The van der Waals surface area contributed by atoms with E-state index in [1.54, 1.807) is 55.6 Å². The lowest BCUT2D eigenvalue weighted by Crippen LogP contribution is -2.27. The predicted octanol–water partition coefficient (Wildman–Crippen LogP) is 4.12. The number of phenolic OH excluding ortho intramolecular Hbond substituents is 1. The molecule has 6 nitrogen and oxygen atoms in total. The van der Waals surface area contributed by atoms with Gasteiger partial charge in [0.25, 0.3) is 15.9 Å². The summed E-state index contributed by atoms with van der Waals surface area (Å²) >= 11 is 6.17. The molecular formula is C21H19ClN2O4S. The highest BCUT2D eigenvalue weighted by Crippen LogP contribution is 2.24. The summed E-state index contributed by atoms with van der Waals surface area (Å²) in [5.41, 5.74) is 1.22. The van der Waals surface area contributed by atoms with Crippen molar-refractivity contribution in [3.8, 4) is 5.75 Å². The number of anilines is 1. The van der Waals surface area contributed by atoms with Gasteiger partial charge in [-0.25, -0.2) is 8.42 Å². The summed E-state index contributed by atoms with van der Waals surface area (Å²) in [5.74, 6) is -0.337. The number of sulfonamides is 1. The van der Waals surface area contributed by atoms with Crippen molar-refractivity contribution >= 4 is 33.2 Å². The summed E-state index contributed by atoms with van der Waals surface area (Å²) in [4.78, 5) is 14.2. The number of carbonyl (C=O) groups is 1. The second kappa shape index (κ2) is 8.55. The number of para-hydroxylation sites is 1. The number of aromatic hydroxyl groups is 1. The highest BCUT2D eigenvalue weighted by Gasteiger charge is 2.21. The Labute approximate surface area is 174 Å². The average Bonchev–Trinajstić information content (AvgIpc) is 2.68. The molecule has 0 heterocycles. The first-order chi connectivity index (χ1) is 13.8. The van der Waals surface area contributed by atoms with Gasteiger partial charge in [0.05, 0.1) is 15.5 Å². The zero-order valence-corrected chi connectivity index (χ0v) is 17.1. The van der Waals surface area contributed by atoms with Crippen molar-refractivity contribution < 1.29 is 18.3 Å². The van der Waals surface area contributed by atoms with Gasteiger partial charge in [-0.15, -0.1) is 0 Å². The van der Waals surface area contributed by atoms with Gasteiger partial charge in [-0.2, -0.15) is 0 Å². The maximum atomic E-state index is 12.9. The fourth-order valence-corrected chi connectivity index (χ4v) is 4.04.